The van der Waals surface area contributed by atoms with E-state index >= 15 is 0 Å². The molecule has 0 bridgehead atoms. The van der Waals surface area contributed by atoms with Gasteiger partial charge in [0.2, 0.25) is 0 Å². The highest BCUT2D eigenvalue weighted by atomic mass is 16.1. The molecule has 0 radical (unpaired) electrons. The van der Waals surface area contributed by atoms with Gasteiger partial charge >= 0.3 is 0 Å². The molecule has 2 fully saturated rings. The maximum absolute atomic E-state index is 12.2. The monoisotopic (exact) mass is 349 g/mol. The van der Waals surface area contributed by atoms with E-state index in [1.165, 1.54) is 17.2 Å². The van der Waals surface area contributed by atoms with Gasteiger partial charge in [-0.2, -0.15) is 5.10 Å². The molecule has 1 saturated heterocycles. The first-order valence-corrected chi connectivity index (χ1v) is 8.99. The topological polar surface area (TPSA) is 72.5 Å². The van der Waals surface area contributed by atoms with E-state index in [-0.39, 0.29) is 11.1 Å². The Hall–Kier alpha value is -2.96. The van der Waals surface area contributed by atoms with Crippen LogP contribution in [-0.4, -0.2) is 32.3 Å². The van der Waals surface area contributed by atoms with E-state index in [2.05, 4.69) is 15.0 Å². The van der Waals surface area contributed by atoms with Crippen molar-refractivity contribution >= 4 is 11.5 Å². The third-order valence-electron chi connectivity index (χ3n) is 5.15. The molecule has 7 heteroatoms. The van der Waals surface area contributed by atoms with Gasteiger partial charge in [-0.3, -0.25) is 14.0 Å². The number of nitrogens with zero attached hydrogens (tertiary/aromatic N) is 5. The predicted molar refractivity (Wildman–Crippen MR) is 97.6 cm³/mol. The summed E-state index contributed by atoms with van der Waals surface area (Å²) in [5.74, 6) is 1.57. The maximum atomic E-state index is 12.2. The highest BCUT2D eigenvalue weighted by molar-refractivity contribution is 5.49. The molecule has 0 aromatic carbocycles. The quantitative estimate of drug-likeness (QED) is 0.709. The van der Waals surface area contributed by atoms with Crippen LogP contribution in [0.3, 0.4) is 0 Å². The van der Waals surface area contributed by atoms with Gasteiger partial charge < -0.3 is 4.90 Å². The Morgan fingerprint density at radius 3 is 2.69 bits per heavy atom. The second kappa shape index (κ2) is 5.79. The van der Waals surface area contributed by atoms with E-state index in [1.54, 1.807) is 23.0 Å². The zero-order valence-corrected chi connectivity index (χ0v) is 14.3. The molecular formula is C19H19N5O2. The molecule has 0 amide bonds. The largest absolute Gasteiger partial charge is 0.356 e. The van der Waals surface area contributed by atoms with Crippen LogP contribution in [0.2, 0.25) is 0 Å². The van der Waals surface area contributed by atoms with Crippen LogP contribution in [0.4, 0.5) is 5.82 Å². The lowest BCUT2D eigenvalue weighted by Crippen LogP contribution is -2.50. The number of rotatable bonds is 4. The van der Waals surface area contributed by atoms with Gasteiger partial charge in [0.05, 0.1) is 12.2 Å². The Balaban J connectivity index is 1.31. The molecule has 3 aromatic rings. The van der Waals surface area contributed by atoms with E-state index in [0.29, 0.717) is 29.8 Å². The first-order valence-electron chi connectivity index (χ1n) is 8.99. The molecule has 0 spiro atoms. The first kappa shape index (κ1) is 15.3. The Morgan fingerprint density at radius 2 is 1.88 bits per heavy atom. The summed E-state index contributed by atoms with van der Waals surface area (Å²) in [6, 6.07) is 10.6. The van der Waals surface area contributed by atoms with Crippen LogP contribution < -0.4 is 16.0 Å². The molecule has 26 heavy (non-hydrogen) atoms. The highest BCUT2D eigenvalue weighted by Crippen LogP contribution is 2.38. The predicted octanol–water partition coefficient (Wildman–Crippen LogP) is 1.26. The SMILES string of the molecule is O=c1ccc(C2CC2)nn1CC1CN(c2cc(=O)n3ccccc3n2)C1. The summed E-state index contributed by atoms with van der Waals surface area (Å²) in [7, 11) is 0. The molecule has 7 nitrogen and oxygen atoms in total. The molecular weight excluding hydrogens is 330 g/mol. The van der Waals surface area contributed by atoms with E-state index in [0.717, 1.165) is 18.8 Å². The average molecular weight is 349 g/mol. The van der Waals surface area contributed by atoms with Crippen molar-refractivity contribution in [1.29, 1.82) is 0 Å². The number of aromatic nitrogens is 4. The zero-order valence-electron chi connectivity index (χ0n) is 14.3. The van der Waals surface area contributed by atoms with Gasteiger partial charge in [0.25, 0.3) is 11.1 Å². The van der Waals surface area contributed by atoms with Crippen LogP contribution >= 0.6 is 0 Å². The van der Waals surface area contributed by atoms with Crippen LogP contribution in [0.15, 0.2) is 52.2 Å². The van der Waals surface area contributed by atoms with E-state index in [1.807, 2.05) is 24.3 Å². The fourth-order valence-electron chi connectivity index (χ4n) is 3.51. The molecule has 3 aromatic heterocycles. The Bertz CT molecular complexity index is 1090. The van der Waals surface area contributed by atoms with Crippen molar-refractivity contribution in [3.05, 3.63) is 69.0 Å². The van der Waals surface area contributed by atoms with Gasteiger partial charge in [-0.1, -0.05) is 6.07 Å². The number of pyridine rings is 1. The van der Waals surface area contributed by atoms with Crippen molar-refractivity contribution in [2.75, 3.05) is 18.0 Å². The summed E-state index contributed by atoms with van der Waals surface area (Å²) < 4.78 is 3.13. The molecule has 132 valence electrons. The molecule has 1 aliphatic carbocycles. The van der Waals surface area contributed by atoms with Crippen molar-refractivity contribution in [3.8, 4) is 0 Å². The smallest absolute Gasteiger partial charge is 0.266 e. The molecule has 0 unspecified atom stereocenters. The minimum absolute atomic E-state index is 0.0464. The third kappa shape index (κ3) is 2.69. The summed E-state index contributed by atoms with van der Waals surface area (Å²) >= 11 is 0. The Kier molecular flexibility index (Phi) is 3.41. The minimum Gasteiger partial charge on any atom is -0.356 e. The minimum atomic E-state index is -0.0796. The summed E-state index contributed by atoms with van der Waals surface area (Å²) in [6.07, 6.45) is 4.06. The summed E-state index contributed by atoms with van der Waals surface area (Å²) in [5, 5.41) is 4.53. The fourth-order valence-corrected chi connectivity index (χ4v) is 3.51. The number of hydrogen-bond acceptors (Lipinski definition) is 5. The van der Waals surface area contributed by atoms with Gasteiger partial charge in [0, 0.05) is 43.3 Å². The zero-order chi connectivity index (χ0) is 17.7. The van der Waals surface area contributed by atoms with Crippen molar-refractivity contribution in [1.82, 2.24) is 19.2 Å². The highest BCUT2D eigenvalue weighted by Gasteiger charge is 2.30. The molecule has 1 aliphatic heterocycles. The summed E-state index contributed by atoms with van der Waals surface area (Å²) in [6.45, 7) is 2.16. The van der Waals surface area contributed by atoms with Gasteiger partial charge in [-0.15, -0.1) is 0 Å². The van der Waals surface area contributed by atoms with Gasteiger partial charge in [-0.25, -0.2) is 9.67 Å². The summed E-state index contributed by atoms with van der Waals surface area (Å²) in [4.78, 5) is 30.9. The molecule has 5 rings (SSSR count). The van der Waals surface area contributed by atoms with Gasteiger partial charge in [-0.05, 0) is 31.0 Å². The number of anilines is 1. The first-order chi connectivity index (χ1) is 12.7. The lowest BCUT2D eigenvalue weighted by molar-refractivity contribution is 0.331. The van der Waals surface area contributed by atoms with Crippen LogP contribution in [-0.2, 0) is 6.54 Å². The van der Waals surface area contributed by atoms with Gasteiger partial charge in [0.1, 0.15) is 11.5 Å². The van der Waals surface area contributed by atoms with E-state index in [4.69, 9.17) is 0 Å². The molecule has 4 heterocycles. The molecule has 1 saturated carbocycles. The van der Waals surface area contributed by atoms with Crippen molar-refractivity contribution in [2.24, 2.45) is 5.92 Å². The molecule has 0 N–H and O–H groups in total. The van der Waals surface area contributed by atoms with Crippen molar-refractivity contribution in [3.63, 3.8) is 0 Å². The van der Waals surface area contributed by atoms with Gasteiger partial charge in [0.15, 0.2) is 0 Å². The number of hydrogen-bond donors (Lipinski definition) is 0. The van der Waals surface area contributed by atoms with E-state index in [9.17, 15) is 9.59 Å². The van der Waals surface area contributed by atoms with Crippen molar-refractivity contribution in [2.45, 2.75) is 25.3 Å². The normalized spacial score (nSPS) is 17.5. The lowest BCUT2D eigenvalue weighted by atomic mass is 10.0. The van der Waals surface area contributed by atoms with E-state index < -0.39 is 0 Å². The summed E-state index contributed by atoms with van der Waals surface area (Å²) in [5.41, 5.74) is 1.55. The average Bonchev–Trinajstić information content (AvgIpc) is 3.44. The molecule has 0 atom stereocenters. The fraction of sp³-hybridized carbons (Fsp3) is 0.368. The molecule has 2 aliphatic rings. The lowest BCUT2D eigenvalue weighted by Gasteiger charge is -2.40. The second-order valence-corrected chi connectivity index (χ2v) is 7.21. The standard InChI is InChI=1S/C19H19N5O2/c25-18-7-6-15(14-4-5-14)21-24(18)12-13-10-22(11-13)17-9-19(26)23-8-2-1-3-16(23)20-17/h1-3,6-9,13-14H,4-5,10-12H2. The van der Waals surface area contributed by atoms with Crippen LogP contribution in [0.5, 0.6) is 0 Å². The second-order valence-electron chi connectivity index (χ2n) is 7.21. The van der Waals surface area contributed by atoms with Crippen molar-refractivity contribution < 1.29 is 0 Å². The maximum Gasteiger partial charge on any atom is 0.266 e. The van der Waals surface area contributed by atoms with Crippen LogP contribution in [0.1, 0.15) is 24.5 Å². The third-order valence-corrected chi connectivity index (χ3v) is 5.15. The number of fused-ring (bicyclic) bond motifs is 1. The van der Waals surface area contributed by atoms with Crippen LogP contribution in [0, 0.1) is 5.92 Å². The Morgan fingerprint density at radius 1 is 1.04 bits per heavy atom. The Labute approximate surface area is 149 Å². The van der Waals surface area contributed by atoms with Crippen LogP contribution in [0.25, 0.3) is 5.65 Å².